The standard InChI is InChI=1S/C16H17NO3S/c1-12(18)14-4-8-16(9-5-14)21-11-10-13-2-6-15(7-3-13)17(19)20/h2-9,12,18H,10-11H2,1H3. The molecule has 0 bridgehead atoms. The lowest BCUT2D eigenvalue weighted by Crippen LogP contribution is -1.92. The van der Waals surface area contributed by atoms with E-state index >= 15 is 0 Å². The molecule has 0 aliphatic heterocycles. The predicted molar refractivity (Wildman–Crippen MR) is 84.6 cm³/mol. The second kappa shape index (κ2) is 7.24. The first-order chi connectivity index (χ1) is 10.1. The number of benzene rings is 2. The molecule has 0 fully saturated rings. The summed E-state index contributed by atoms with van der Waals surface area (Å²) in [6.07, 6.45) is 0.421. The maximum atomic E-state index is 10.6. The smallest absolute Gasteiger partial charge is 0.269 e. The normalized spacial score (nSPS) is 12.1. The average molecular weight is 303 g/mol. The van der Waals surface area contributed by atoms with Gasteiger partial charge in [0.1, 0.15) is 0 Å². The highest BCUT2D eigenvalue weighted by molar-refractivity contribution is 7.99. The minimum atomic E-state index is -0.441. The molecule has 1 N–H and O–H groups in total. The van der Waals surface area contributed by atoms with Gasteiger partial charge < -0.3 is 5.11 Å². The van der Waals surface area contributed by atoms with Crippen molar-refractivity contribution in [3.05, 3.63) is 69.8 Å². The van der Waals surface area contributed by atoms with Crippen LogP contribution in [0.15, 0.2) is 53.4 Å². The van der Waals surface area contributed by atoms with Crippen molar-refractivity contribution in [1.82, 2.24) is 0 Å². The largest absolute Gasteiger partial charge is 0.389 e. The van der Waals surface area contributed by atoms with Crippen molar-refractivity contribution < 1.29 is 10.0 Å². The highest BCUT2D eigenvalue weighted by Crippen LogP contribution is 2.22. The van der Waals surface area contributed by atoms with Gasteiger partial charge in [-0.25, -0.2) is 0 Å². The molecule has 0 saturated carbocycles. The van der Waals surface area contributed by atoms with Gasteiger partial charge in [-0.05, 0) is 36.6 Å². The maximum absolute atomic E-state index is 10.6. The SMILES string of the molecule is CC(O)c1ccc(SCCc2ccc([N+](=O)[O-])cc2)cc1. The van der Waals surface area contributed by atoms with E-state index in [1.54, 1.807) is 30.8 Å². The fourth-order valence-corrected chi connectivity index (χ4v) is 2.82. The molecule has 0 amide bonds. The highest BCUT2D eigenvalue weighted by Gasteiger charge is 2.04. The molecule has 110 valence electrons. The molecule has 0 aliphatic rings. The first-order valence-corrected chi connectivity index (χ1v) is 7.69. The van der Waals surface area contributed by atoms with Gasteiger partial charge >= 0.3 is 0 Å². The third-order valence-electron chi connectivity index (χ3n) is 3.17. The lowest BCUT2D eigenvalue weighted by molar-refractivity contribution is -0.384. The molecule has 2 aromatic carbocycles. The van der Waals surface area contributed by atoms with E-state index in [-0.39, 0.29) is 10.6 Å². The average Bonchev–Trinajstić information content (AvgIpc) is 2.48. The third-order valence-corrected chi connectivity index (χ3v) is 4.18. The van der Waals surface area contributed by atoms with Crippen LogP contribution in [0.4, 0.5) is 5.69 Å². The van der Waals surface area contributed by atoms with E-state index in [9.17, 15) is 15.2 Å². The summed E-state index contributed by atoms with van der Waals surface area (Å²) in [5.74, 6) is 0.909. The van der Waals surface area contributed by atoms with Gasteiger partial charge in [-0.15, -0.1) is 11.8 Å². The van der Waals surface area contributed by atoms with Gasteiger partial charge in [0.2, 0.25) is 0 Å². The minimum absolute atomic E-state index is 0.125. The summed E-state index contributed by atoms with van der Waals surface area (Å²) in [5.41, 5.74) is 2.13. The molecule has 0 saturated heterocycles. The fraction of sp³-hybridized carbons (Fsp3) is 0.250. The van der Waals surface area contributed by atoms with Crippen LogP contribution in [0.5, 0.6) is 0 Å². The van der Waals surface area contributed by atoms with E-state index in [0.29, 0.717) is 0 Å². The molecular formula is C16H17NO3S. The van der Waals surface area contributed by atoms with Crippen molar-refractivity contribution in [3.8, 4) is 0 Å². The summed E-state index contributed by atoms with van der Waals surface area (Å²) in [7, 11) is 0. The van der Waals surface area contributed by atoms with Gasteiger partial charge in [0, 0.05) is 22.8 Å². The van der Waals surface area contributed by atoms with E-state index in [1.807, 2.05) is 24.3 Å². The lowest BCUT2D eigenvalue weighted by atomic mass is 10.1. The summed E-state index contributed by atoms with van der Waals surface area (Å²) in [5, 5.41) is 20.0. The van der Waals surface area contributed by atoms with E-state index < -0.39 is 6.10 Å². The molecule has 2 rings (SSSR count). The van der Waals surface area contributed by atoms with Gasteiger partial charge in [-0.2, -0.15) is 0 Å². The number of aliphatic hydroxyl groups excluding tert-OH is 1. The first kappa shape index (κ1) is 15.5. The van der Waals surface area contributed by atoms with Crippen LogP contribution in [0.1, 0.15) is 24.2 Å². The molecule has 4 nitrogen and oxygen atoms in total. The van der Waals surface area contributed by atoms with Crippen molar-refractivity contribution in [2.75, 3.05) is 5.75 Å². The Bertz CT molecular complexity index is 594. The van der Waals surface area contributed by atoms with Gasteiger partial charge in [0.15, 0.2) is 0 Å². The molecule has 5 heteroatoms. The molecule has 1 atom stereocenters. The zero-order valence-electron chi connectivity index (χ0n) is 11.7. The van der Waals surface area contributed by atoms with Crippen LogP contribution in [0.3, 0.4) is 0 Å². The van der Waals surface area contributed by atoms with Crippen LogP contribution in [0.2, 0.25) is 0 Å². The summed E-state index contributed by atoms with van der Waals surface area (Å²) in [4.78, 5) is 11.3. The van der Waals surface area contributed by atoms with E-state index in [2.05, 4.69) is 0 Å². The second-order valence-corrected chi connectivity index (χ2v) is 5.94. The van der Waals surface area contributed by atoms with Crippen LogP contribution in [-0.2, 0) is 6.42 Å². The molecule has 1 unspecified atom stereocenters. The van der Waals surface area contributed by atoms with Crippen LogP contribution in [-0.4, -0.2) is 15.8 Å². The number of hydrogen-bond acceptors (Lipinski definition) is 4. The van der Waals surface area contributed by atoms with Crippen molar-refractivity contribution in [1.29, 1.82) is 0 Å². The summed E-state index contributed by atoms with van der Waals surface area (Å²) >= 11 is 1.73. The molecule has 21 heavy (non-hydrogen) atoms. The Balaban J connectivity index is 1.85. The number of nitro groups is 1. The number of nitrogens with zero attached hydrogens (tertiary/aromatic N) is 1. The molecule has 0 heterocycles. The van der Waals surface area contributed by atoms with Crippen molar-refractivity contribution in [3.63, 3.8) is 0 Å². The summed E-state index contributed by atoms with van der Waals surface area (Å²) in [6, 6.07) is 14.5. The number of rotatable bonds is 6. The zero-order valence-corrected chi connectivity index (χ0v) is 12.5. The molecule has 0 aromatic heterocycles. The molecule has 2 aromatic rings. The number of hydrogen-bond donors (Lipinski definition) is 1. The Morgan fingerprint density at radius 1 is 1.14 bits per heavy atom. The maximum Gasteiger partial charge on any atom is 0.269 e. The molecule has 0 radical (unpaired) electrons. The first-order valence-electron chi connectivity index (χ1n) is 6.70. The molecule has 0 aliphatic carbocycles. The zero-order chi connectivity index (χ0) is 15.2. The van der Waals surface area contributed by atoms with Gasteiger partial charge in [-0.3, -0.25) is 10.1 Å². The minimum Gasteiger partial charge on any atom is -0.389 e. The highest BCUT2D eigenvalue weighted by atomic mass is 32.2. The predicted octanol–water partition coefficient (Wildman–Crippen LogP) is 3.98. The second-order valence-electron chi connectivity index (χ2n) is 4.77. The van der Waals surface area contributed by atoms with Gasteiger partial charge in [-0.1, -0.05) is 24.3 Å². The summed E-state index contributed by atoms with van der Waals surface area (Å²) < 4.78 is 0. The number of non-ortho nitro benzene ring substituents is 1. The van der Waals surface area contributed by atoms with Crippen LogP contribution >= 0.6 is 11.8 Å². The van der Waals surface area contributed by atoms with E-state index in [1.165, 1.54) is 12.1 Å². The Morgan fingerprint density at radius 2 is 1.76 bits per heavy atom. The van der Waals surface area contributed by atoms with Crippen LogP contribution < -0.4 is 0 Å². The van der Waals surface area contributed by atoms with Crippen molar-refractivity contribution in [2.45, 2.75) is 24.3 Å². The van der Waals surface area contributed by atoms with Crippen LogP contribution in [0.25, 0.3) is 0 Å². The number of thioether (sulfide) groups is 1. The van der Waals surface area contributed by atoms with Crippen molar-refractivity contribution >= 4 is 17.4 Å². The number of aryl methyl sites for hydroxylation is 1. The quantitative estimate of drug-likeness (QED) is 0.498. The van der Waals surface area contributed by atoms with Gasteiger partial charge in [0.05, 0.1) is 11.0 Å². The number of aliphatic hydroxyl groups is 1. The Labute approximate surface area is 128 Å². The topological polar surface area (TPSA) is 63.4 Å². The van der Waals surface area contributed by atoms with E-state index in [0.717, 1.165) is 28.2 Å². The van der Waals surface area contributed by atoms with Gasteiger partial charge in [0.25, 0.3) is 5.69 Å². The Kier molecular flexibility index (Phi) is 5.36. The van der Waals surface area contributed by atoms with Crippen LogP contribution in [0, 0.1) is 10.1 Å². The van der Waals surface area contributed by atoms with E-state index in [4.69, 9.17) is 0 Å². The Morgan fingerprint density at radius 3 is 2.29 bits per heavy atom. The fourth-order valence-electron chi connectivity index (χ4n) is 1.91. The monoisotopic (exact) mass is 303 g/mol. The summed E-state index contributed by atoms with van der Waals surface area (Å²) in [6.45, 7) is 1.75. The number of nitro benzene ring substituents is 1. The molecule has 0 spiro atoms. The van der Waals surface area contributed by atoms with Crippen molar-refractivity contribution in [2.24, 2.45) is 0 Å². The molecular weight excluding hydrogens is 286 g/mol. The Hall–Kier alpha value is -1.85. The third kappa shape index (κ3) is 4.58. The lowest BCUT2D eigenvalue weighted by Gasteiger charge is -2.06.